The summed E-state index contributed by atoms with van der Waals surface area (Å²) in [7, 11) is 0. The summed E-state index contributed by atoms with van der Waals surface area (Å²) in [6, 6.07) is 12.8. The molecule has 0 bridgehead atoms. The Labute approximate surface area is 197 Å². The minimum atomic E-state index is -0.258. The average molecular weight is 478 g/mol. The molecule has 5 aromatic rings. The number of fused-ring (bicyclic) bond motifs is 2. The van der Waals surface area contributed by atoms with Crippen LogP contribution in [0.5, 0.6) is 0 Å². The van der Waals surface area contributed by atoms with Gasteiger partial charge in [0.15, 0.2) is 0 Å². The van der Waals surface area contributed by atoms with E-state index in [0.717, 1.165) is 33.4 Å². The number of aromatic nitrogens is 5. The first-order valence-corrected chi connectivity index (χ1v) is 10.7. The number of benzene rings is 2. The van der Waals surface area contributed by atoms with Crippen molar-refractivity contribution in [2.24, 2.45) is 10.7 Å². The third-order valence-electron chi connectivity index (χ3n) is 5.15. The van der Waals surface area contributed by atoms with Crippen LogP contribution in [0.2, 0.25) is 10.0 Å². The fraction of sp³-hybridized carbons (Fsp3) is 0.0435. The number of hydrogen-bond donors (Lipinski definition) is 3. The lowest BCUT2D eigenvalue weighted by molar-refractivity contribution is 0.912. The normalized spacial score (nSPS) is 12.4. The van der Waals surface area contributed by atoms with E-state index in [1.54, 1.807) is 35.3 Å². The molecule has 0 amide bonds. The van der Waals surface area contributed by atoms with E-state index in [1.807, 2.05) is 30.3 Å². The standard InChI is InChI=1S/C23H17Cl2N7O/c24-15-2-1-13(17(25)8-15)10-27-18(5-6-26)14-7-22-21(28-11-14)12-29-32(22)16-3-4-19-20(9-16)31-23(33)30-19/h1-9,11-12H,10,26H2,(H2,30,31,33). The Kier molecular flexibility index (Phi) is 5.45. The fourth-order valence-electron chi connectivity index (χ4n) is 3.56. The number of nitrogens with two attached hydrogens (primary N) is 1. The monoisotopic (exact) mass is 477 g/mol. The molecule has 0 fully saturated rings. The lowest BCUT2D eigenvalue weighted by atomic mass is 10.1. The third kappa shape index (κ3) is 4.13. The highest BCUT2D eigenvalue weighted by Gasteiger charge is 2.11. The van der Waals surface area contributed by atoms with Gasteiger partial charge < -0.3 is 15.7 Å². The third-order valence-corrected chi connectivity index (χ3v) is 5.74. The summed E-state index contributed by atoms with van der Waals surface area (Å²) in [5, 5.41) is 5.60. The van der Waals surface area contributed by atoms with Crippen molar-refractivity contribution in [3.05, 3.63) is 98.8 Å². The molecule has 5 rings (SSSR count). The van der Waals surface area contributed by atoms with Gasteiger partial charge in [0, 0.05) is 21.8 Å². The molecular formula is C23H17Cl2N7O. The number of imidazole rings is 1. The lowest BCUT2D eigenvalue weighted by Gasteiger charge is -2.07. The van der Waals surface area contributed by atoms with E-state index in [-0.39, 0.29) is 5.69 Å². The van der Waals surface area contributed by atoms with Crippen molar-refractivity contribution >= 4 is 51.0 Å². The molecule has 4 N–H and O–H groups in total. The van der Waals surface area contributed by atoms with Crippen molar-refractivity contribution < 1.29 is 0 Å². The molecule has 0 radical (unpaired) electrons. The smallest absolute Gasteiger partial charge is 0.323 e. The van der Waals surface area contributed by atoms with E-state index in [2.05, 4.69) is 20.1 Å². The fourth-order valence-corrected chi connectivity index (χ4v) is 4.03. The molecule has 0 saturated carbocycles. The molecule has 164 valence electrons. The van der Waals surface area contributed by atoms with Crippen molar-refractivity contribution in [2.45, 2.75) is 6.54 Å². The molecule has 0 spiro atoms. The maximum atomic E-state index is 11.6. The molecule has 0 aliphatic heterocycles. The topological polar surface area (TPSA) is 118 Å². The van der Waals surface area contributed by atoms with Gasteiger partial charge in [-0.3, -0.25) is 9.98 Å². The van der Waals surface area contributed by atoms with E-state index in [4.69, 9.17) is 33.9 Å². The van der Waals surface area contributed by atoms with Crippen molar-refractivity contribution in [1.29, 1.82) is 0 Å². The van der Waals surface area contributed by atoms with Crippen LogP contribution >= 0.6 is 23.2 Å². The van der Waals surface area contributed by atoms with Crippen LogP contribution in [0, 0.1) is 0 Å². The van der Waals surface area contributed by atoms with E-state index in [0.29, 0.717) is 27.8 Å². The minimum absolute atomic E-state index is 0.258. The Morgan fingerprint density at radius 3 is 2.76 bits per heavy atom. The lowest BCUT2D eigenvalue weighted by Crippen LogP contribution is -2.02. The van der Waals surface area contributed by atoms with Gasteiger partial charge in [-0.15, -0.1) is 0 Å². The number of aliphatic imine (C=N–C) groups is 1. The average Bonchev–Trinajstić information content (AvgIpc) is 3.39. The van der Waals surface area contributed by atoms with Gasteiger partial charge in [0.05, 0.1) is 40.7 Å². The minimum Gasteiger partial charge on any atom is -0.405 e. The molecular weight excluding hydrogens is 461 g/mol. The number of rotatable bonds is 5. The number of hydrogen-bond acceptors (Lipinski definition) is 5. The van der Waals surface area contributed by atoms with Crippen LogP contribution in [-0.2, 0) is 6.54 Å². The predicted molar refractivity (Wildman–Crippen MR) is 131 cm³/mol. The predicted octanol–water partition coefficient (Wildman–Crippen LogP) is 4.36. The van der Waals surface area contributed by atoms with Crippen LogP contribution < -0.4 is 11.4 Å². The van der Waals surface area contributed by atoms with Gasteiger partial charge in [-0.1, -0.05) is 29.3 Å². The Morgan fingerprint density at radius 1 is 1.09 bits per heavy atom. The number of nitrogens with one attached hydrogen (secondary N) is 2. The van der Waals surface area contributed by atoms with Gasteiger partial charge >= 0.3 is 5.69 Å². The summed E-state index contributed by atoms with van der Waals surface area (Å²) >= 11 is 12.3. The molecule has 3 aromatic heterocycles. The highest BCUT2D eigenvalue weighted by molar-refractivity contribution is 6.35. The van der Waals surface area contributed by atoms with Crippen LogP contribution in [0.3, 0.4) is 0 Å². The summed E-state index contributed by atoms with van der Waals surface area (Å²) in [6.45, 7) is 0.352. The summed E-state index contributed by atoms with van der Waals surface area (Å²) in [5.41, 5.74) is 11.4. The van der Waals surface area contributed by atoms with Crippen LogP contribution in [-0.4, -0.2) is 30.4 Å². The maximum Gasteiger partial charge on any atom is 0.323 e. The van der Waals surface area contributed by atoms with Gasteiger partial charge in [0.1, 0.15) is 5.52 Å². The quantitative estimate of drug-likeness (QED) is 0.326. The van der Waals surface area contributed by atoms with Crippen LogP contribution in [0.4, 0.5) is 0 Å². The van der Waals surface area contributed by atoms with Gasteiger partial charge in [-0.25, -0.2) is 9.48 Å². The molecule has 0 atom stereocenters. The second-order valence-corrected chi connectivity index (χ2v) is 8.13. The Bertz CT molecular complexity index is 1610. The first-order chi connectivity index (χ1) is 16.0. The zero-order valence-corrected chi connectivity index (χ0v) is 18.6. The highest BCUT2D eigenvalue weighted by atomic mass is 35.5. The van der Waals surface area contributed by atoms with Crippen LogP contribution in [0.1, 0.15) is 11.1 Å². The van der Waals surface area contributed by atoms with E-state index in [9.17, 15) is 4.79 Å². The Morgan fingerprint density at radius 2 is 1.94 bits per heavy atom. The zero-order valence-electron chi connectivity index (χ0n) is 17.1. The number of nitrogens with zero attached hydrogens (tertiary/aromatic N) is 4. The Balaban J connectivity index is 1.55. The molecule has 2 aromatic carbocycles. The SMILES string of the molecule is NC=CC(=NCc1ccc(Cl)cc1Cl)c1cnc2cnn(-c3ccc4[nH]c(=O)[nH]c4c3)c2c1. The highest BCUT2D eigenvalue weighted by Crippen LogP contribution is 2.23. The summed E-state index contributed by atoms with van der Waals surface area (Å²) in [6.07, 6.45) is 6.56. The second-order valence-electron chi connectivity index (χ2n) is 7.29. The largest absolute Gasteiger partial charge is 0.405 e. The molecule has 0 saturated heterocycles. The molecule has 8 nitrogen and oxygen atoms in total. The first kappa shape index (κ1) is 21.0. The van der Waals surface area contributed by atoms with Crippen molar-refractivity contribution in [2.75, 3.05) is 0 Å². The number of aromatic amines is 2. The van der Waals surface area contributed by atoms with Crippen LogP contribution in [0.25, 0.3) is 27.8 Å². The number of halogens is 2. The second kappa shape index (κ2) is 8.57. The van der Waals surface area contributed by atoms with E-state index >= 15 is 0 Å². The molecule has 0 aliphatic carbocycles. The number of pyridine rings is 1. The molecule has 3 heterocycles. The van der Waals surface area contributed by atoms with Crippen molar-refractivity contribution in [3.8, 4) is 5.69 Å². The van der Waals surface area contributed by atoms with Crippen LogP contribution in [0.15, 0.2) is 76.9 Å². The van der Waals surface area contributed by atoms with Gasteiger partial charge in [-0.2, -0.15) is 5.10 Å². The molecule has 33 heavy (non-hydrogen) atoms. The van der Waals surface area contributed by atoms with Crippen molar-refractivity contribution in [1.82, 2.24) is 24.7 Å². The first-order valence-electron chi connectivity index (χ1n) is 9.95. The van der Waals surface area contributed by atoms with Gasteiger partial charge in [-0.05, 0) is 54.2 Å². The van der Waals surface area contributed by atoms with Gasteiger partial charge in [0.2, 0.25) is 0 Å². The number of H-pyrrole nitrogens is 2. The molecule has 0 unspecified atom stereocenters. The molecule has 0 aliphatic rings. The number of allylic oxidation sites excluding steroid dienone is 1. The van der Waals surface area contributed by atoms with Gasteiger partial charge in [0.25, 0.3) is 0 Å². The zero-order chi connectivity index (χ0) is 22.9. The summed E-state index contributed by atoms with van der Waals surface area (Å²) in [5.74, 6) is 0. The van der Waals surface area contributed by atoms with E-state index < -0.39 is 0 Å². The van der Waals surface area contributed by atoms with Crippen molar-refractivity contribution in [3.63, 3.8) is 0 Å². The Hall–Kier alpha value is -3.88. The summed E-state index contributed by atoms with van der Waals surface area (Å²) < 4.78 is 1.76. The van der Waals surface area contributed by atoms with E-state index in [1.165, 1.54) is 6.20 Å². The summed E-state index contributed by atoms with van der Waals surface area (Å²) in [4.78, 5) is 26.3. The molecule has 10 heteroatoms. The maximum absolute atomic E-state index is 11.6.